The molecule has 0 bridgehead atoms. The first-order valence-electron chi connectivity index (χ1n) is 9.29. The molecule has 1 aliphatic rings. The Balaban J connectivity index is 2.05. The molecule has 13 heteroatoms. The van der Waals surface area contributed by atoms with Crippen LogP contribution in [0.2, 0.25) is 0 Å². The number of hydrogen-bond acceptors (Lipinski definition) is 8. The van der Waals surface area contributed by atoms with Crippen molar-refractivity contribution in [2.24, 2.45) is 0 Å². The molecule has 30 heavy (non-hydrogen) atoms. The number of alkyl halides is 1. The van der Waals surface area contributed by atoms with Crippen molar-refractivity contribution < 1.29 is 28.1 Å². The Hall–Kier alpha value is -1.49. The monoisotopic (exact) mass is 467 g/mol. The van der Waals surface area contributed by atoms with E-state index >= 15 is 0 Å². The van der Waals surface area contributed by atoms with Gasteiger partial charge in [-0.1, -0.05) is 0 Å². The number of H-pyrrole nitrogens is 1. The van der Waals surface area contributed by atoms with Gasteiger partial charge < -0.3 is 18.7 Å². The van der Waals surface area contributed by atoms with Gasteiger partial charge in [0, 0.05) is 19.4 Å². The number of methoxy groups -OCH3 is 1. The summed E-state index contributed by atoms with van der Waals surface area (Å²) in [6.45, 7) is 6.37. The van der Waals surface area contributed by atoms with Gasteiger partial charge >= 0.3 is 11.7 Å². The number of ether oxygens (including phenoxy) is 3. The Kier molecular flexibility index (Phi) is 8.43. The number of aromatic nitrogens is 2. The minimum absolute atomic E-state index is 0.174. The maximum Gasteiger partial charge on any atom is 0.330 e. The molecule has 6 atom stereocenters. The summed E-state index contributed by atoms with van der Waals surface area (Å²) in [7, 11) is -1.39. The van der Waals surface area contributed by atoms with Crippen molar-refractivity contribution in [1.82, 2.24) is 14.6 Å². The first-order valence-corrected chi connectivity index (χ1v) is 11.0. The second-order valence-corrected chi connectivity index (χ2v) is 9.27. The number of esters is 1. The largest absolute Gasteiger partial charge is 0.462 e. The van der Waals surface area contributed by atoms with Crippen LogP contribution in [0.5, 0.6) is 0 Å². The Morgan fingerprint density at radius 2 is 2.10 bits per heavy atom. The lowest BCUT2D eigenvalue weighted by molar-refractivity contribution is -0.149. The van der Waals surface area contributed by atoms with Crippen molar-refractivity contribution in [1.29, 1.82) is 0 Å². The predicted octanol–water partition coefficient (Wildman–Crippen LogP) is 0.782. The van der Waals surface area contributed by atoms with Crippen LogP contribution < -0.4 is 16.3 Å². The summed E-state index contributed by atoms with van der Waals surface area (Å²) in [4.78, 5) is 36.2. The van der Waals surface area contributed by atoms with Crippen LogP contribution in [0.15, 0.2) is 21.9 Å². The zero-order valence-corrected chi connectivity index (χ0v) is 19.1. The predicted molar refractivity (Wildman–Crippen MR) is 109 cm³/mol. The molecular weight excluding hydrogens is 441 g/mol. The Morgan fingerprint density at radius 1 is 1.43 bits per heavy atom. The fourth-order valence-corrected chi connectivity index (χ4v) is 4.36. The van der Waals surface area contributed by atoms with Crippen LogP contribution in [0.1, 0.15) is 33.9 Å². The lowest BCUT2D eigenvalue weighted by atomic mass is 10.0. The average Bonchev–Trinajstić information content (AvgIpc) is 2.89. The highest BCUT2D eigenvalue weighted by Gasteiger charge is 2.54. The number of nitrogens with one attached hydrogen (secondary N) is 2. The molecule has 0 aliphatic carbocycles. The SMILES string of the molecule is CO[C@@H]1[C@@H](CO[PH](=O)N[C@H](C)C(=O)OC(C)C)O[C@@H](n2ccc(=O)[nH]c2=O)[C@]1(C)Cl. The highest BCUT2D eigenvalue weighted by atomic mass is 35.5. The van der Waals surface area contributed by atoms with E-state index in [0.717, 1.165) is 4.57 Å². The molecule has 1 aromatic rings. The van der Waals surface area contributed by atoms with Gasteiger partial charge in [0.2, 0.25) is 0 Å². The molecule has 2 N–H and O–H groups in total. The van der Waals surface area contributed by atoms with Crippen LogP contribution >= 0.6 is 19.8 Å². The zero-order chi connectivity index (χ0) is 22.6. The van der Waals surface area contributed by atoms with Crippen molar-refractivity contribution in [3.63, 3.8) is 0 Å². The van der Waals surface area contributed by atoms with Crippen molar-refractivity contribution in [3.8, 4) is 0 Å². The first kappa shape index (κ1) is 24.8. The Bertz CT molecular complexity index is 886. The van der Waals surface area contributed by atoms with Gasteiger partial charge in [-0.25, -0.2) is 9.88 Å². The van der Waals surface area contributed by atoms with Gasteiger partial charge in [0.25, 0.3) is 13.7 Å². The molecule has 1 unspecified atom stereocenters. The summed E-state index contributed by atoms with van der Waals surface area (Å²) in [6, 6.07) is 0.344. The van der Waals surface area contributed by atoms with E-state index in [1.807, 2.05) is 0 Å². The van der Waals surface area contributed by atoms with Crippen LogP contribution in [0.4, 0.5) is 0 Å². The topological polar surface area (TPSA) is 138 Å². The smallest absolute Gasteiger partial charge is 0.330 e. The number of nitrogens with zero attached hydrogens (tertiary/aromatic N) is 1. The van der Waals surface area contributed by atoms with Crippen LogP contribution in [0.25, 0.3) is 0 Å². The van der Waals surface area contributed by atoms with E-state index in [1.165, 1.54) is 26.3 Å². The molecular formula is C17H27ClN3O8P. The Labute approximate surface area is 178 Å². The van der Waals surface area contributed by atoms with Crippen molar-refractivity contribution >= 4 is 25.7 Å². The molecule has 0 aromatic carbocycles. The number of carbonyl (C=O) groups excluding carboxylic acids is 1. The third-order valence-corrected chi connectivity index (χ3v) is 5.96. The number of halogens is 1. The second-order valence-electron chi connectivity index (χ2n) is 7.30. The van der Waals surface area contributed by atoms with Crippen LogP contribution in [-0.4, -0.2) is 58.5 Å². The van der Waals surface area contributed by atoms with Gasteiger partial charge in [-0.2, -0.15) is 0 Å². The normalized spacial score (nSPS) is 28.4. The van der Waals surface area contributed by atoms with E-state index < -0.39 is 54.7 Å². The zero-order valence-electron chi connectivity index (χ0n) is 17.3. The molecule has 0 radical (unpaired) electrons. The fraction of sp³-hybridized carbons (Fsp3) is 0.706. The second kappa shape index (κ2) is 10.2. The molecule has 170 valence electrons. The first-order chi connectivity index (χ1) is 14.0. The highest BCUT2D eigenvalue weighted by molar-refractivity contribution is 7.36. The van der Waals surface area contributed by atoms with Gasteiger partial charge in [-0.3, -0.25) is 23.7 Å². The molecule has 11 nitrogen and oxygen atoms in total. The summed E-state index contributed by atoms with van der Waals surface area (Å²) >= 11 is 6.63. The van der Waals surface area contributed by atoms with Crippen LogP contribution in [-0.2, 0) is 28.1 Å². The van der Waals surface area contributed by atoms with E-state index in [0.29, 0.717) is 0 Å². The molecule has 1 fully saturated rings. The standard InChI is InChI=1S/C17H27ClN3O8P/c1-9(2)28-14(23)10(3)20-30(25)27-8-11-13(26-5)17(4,18)15(29-11)21-7-6-12(22)19-16(21)24/h6-7,9-11,13,15,30H,8H2,1-5H3,(H,20,25)(H,19,22,24)/t10-,11-,13-,15-,17-/m1/s1. The minimum Gasteiger partial charge on any atom is -0.462 e. The molecule has 2 heterocycles. The molecule has 1 aromatic heterocycles. The van der Waals surface area contributed by atoms with E-state index in [4.69, 9.17) is 30.3 Å². The Morgan fingerprint density at radius 3 is 2.67 bits per heavy atom. The lowest BCUT2D eigenvalue weighted by Gasteiger charge is -2.28. The molecule has 1 aliphatic heterocycles. The maximum atomic E-state index is 12.2. The summed E-state index contributed by atoms with van der Waals surface area (Å²) in [5.41, 5.74) is -1.24. The van der Waals surface area contributed by atoms with Gasteiger partial charge in [0.05, 0.1) is 12.7 Å². The highest BCUT2D eigenvalue weighted by Crippen LogP contribution is 2.44. The van der Waals surface area contributed by atoms with E-state index in [-0.39, 0.29) is 12.7 Å². The van der Waals surface area contributed by atoms with Crippen LogP contribution in [0, 0.1) is 0 Å². The van der Waals surface area contributed by atoms with Gasteiger partial charge in [-0.05, 0) is 27.7 Å². The fourth-order valence-electron chi connectivity index (χ4n) is 3.10. The summed E-state index contributed by atoms with van der Waals surface area (Å²) in [5.74, 6) is -0.551. The number of rotatable bonds is 9. The number of hydrogen-bond donors (Lipinski definition) is 2. The van der Waals surface area contributed by atoms with Gasteiger partial charge in [-0.15, -0.1) is 11.6 Å². The number of carbonyl (C=O) groups is 1. The molecule has 0 saturated carbocycles. The van der Waals surface area contributed by atoms with Crippen molar-refractivity contribution in [3.05, 3.63) is 33.1 Å². The van der Waals surface area contributed by atoms with Crippen molar-refractivity contribution in [2.75, 3.05) is 13.7 Å². The van der Waals surface area contributed by atoms with E-state index in [2.05, 4.69) is 10.1 Å². The van der Waals surface area contributed by atoms with Crippen molar-refractivity contribution in [2.45, 2.75) is 63.2 Å². The van der Waals surface area contributed by atoms with Gasteiger partial charge in [0.1, 0.15) is 23.1 Å². The number of aromatic amines is 1. The summed E-state index contributed by atoms with van der Waals surface area (Å²) < 4.78 is 35.0. The quantitative estimate of drug-likeness (QED) is 0.306. The summed E-state index contributed by atoms with van der Waals surface area (Å²) in [5, 5.41) is 2.55. The lowest BCUT2D eigenvalue weighted by Crippen LogP contribution is -2.44. The average molecular weight is 468 g/mol. The molecule has 2 rings (SSSR count). The molecule has 0 spiro atoms. The van der Waals surface area contributed by atoms with E-state index in [9.17, 15) is 18.9 Å². The molecule has 0 amide bonds. The summed E-state index contributed by atoms with van der Waals surface area (Å²) in [6.07, 6.45) is -1.49. The third kappa shape index (κ3) is 5.81. The third-order valence-electron chi connectivity index (χ3n) is 4.46. The maximum absolute atomic E-state index is 12.2. The van der Waals surface area contributed by atoms with E-state index in [1.54, 1.807) is 20.8 Å². The minimum atomic E-state index is -2.81. The van der Waals surface area contributed by atoms with Crippen LogP contribution in [0.3, 0.4) is 0 Å². The van der Waals surface area contributed by atoms with Gasteiger partial charge in [0.15, 0.2) is 6.23 Å². The molecule has 1 saturated heterocycles.